The zero-order valence-corrected chi connectivity index (χ0v) is 11.5. The van der Waals surface area contributed by atoms with Gasteiger partial charge in [0.05, 0.1) is 6.61 Å². The molecule has 0 N–H and O–H groups in total. The summed E-state index contributed by atoms with van der Waals surface area (Å²) in [6.07, 6.45) is 7.41. The topological polar surface area (TPSA) is 9.23 Å². The lowest BCUT2D eigenvalue weighted by atomic mass is 9.80. The molecule has 1 aromatic carbocycles. The molecule has 0 bridgehead atoms. The Kier molecular flexibility index (Phi) is 5.17. The molecular weight excluding hydrogens is 246 g/mol. The van der Waals surface area contributed by atoms with E-state index in [1.807, 2.05) is 0 Å². The first kappa shape index (κ1) is 14.3. The molecule has 0 radical (unpaired) electrons. The van der Waals surface area contributed by atoms with E-state index in [0.717, 1.165) is 24.8 Å². The van der Waals surface area contributed by atoms with Crippen LogP contribution in [0, 0.1) is 23.5 Å². The van der Waals surface area contributed by atoms with Crippen molar-refractivity contribution in [3.8, 4) is 5.75 Å². The highest BCUT2D eigenvalue weighted by Gasteiger charge is 2.21. The Bertz CT molecular complexity index is 398. The Balaban J connectivity index is 1.77. The van der Waals surface area contributed by atoms with Gasteiger partial charge in [-0.05, 0) is 36.8 Å². The number of hydrogen-bond acceptors (Lipinski definition) is 1. The van der Waals surface area contributed by atoms with E-state index < -0.39 is 11.6 Å². The minimum Gasteiger partial charge on any atom is -0.490 e. The molecule has 0 aliphatic heterocycles. The smallest absolute Gasteiger partial charge is 0.167 e. The Morgan fingerprint density at radius 2 is 1.79 bits per heavy atom. The highest BCUT2D eigenvalue weighted by atomic mass is 19.1. The van der Waals surface area contributed by atoms with Crippen molar-refractivity contribution in [2.24, 2.45) is 11.8 Å². The molecule has 1 saturated carbocycles. The summed E-state index contributed by atoms with van der Waals surface area (Å²) < 4.78 is 31.6. The fourth-order valence-corrected chi connectivity index (χ4v) is 2.89. The molecule has 0 atom stereocenters. The van der Waals surface area contributed by atoms with Crippen LogP contribution >= 0.6 is 0 Å². The van der Waals surface area contributed by atoms with E-state index in [9.17, 15) is 8.78 Å². The van der Waals surface area contributed by atoms with Gasteiger partial charge in [0, 0.05) is 6.07 Å². The van der Waals surface area contributed by atoms with Gasteiger partial charge < -0.3 is 4.74 Å². The second-order valence-electron chi connectivity index (χ2n) is 5.56. The quantitative estimate of drug-likeness (QED) is 0.734. The fourth-order valence-electron chi connectivity index (χ4n) is 2.89. The summed E-state index contributed by atoms with van der Waals surface area (Å²) in [6.45, 7) is 2.77. The van der Waals surface area contributed by atoms with Gasteiger partial charge in [-0.3, -0.25) is 0 Å². The van der Waals surface area contributed by atoms with Crippen LogP contribution in [0.15, 0.2) is 18.2 Å². The van der Waals surface area contributed by atoms with Crippen LogP contribution in [0.4, 0.5) is 8.78 Å². The molecule has 3 heteroatoms. The van der Waals surface area contributed by atoms with E-state index in [-0.39, 0.29) is 5.75 Å². The van der Waals surface area contributed by atoms with Gasteiger partial charge in [0.15, 0.2) is 11.6 Å². The van der Waals surface area contributed by atoms with Crippen LogP contribution in [0.5, 0.6) is 5.75 Å². The maximum absolute atomic E-state index is 13.4. The average Bonchev–Trinajstić information content (AvgIpc) is 2.40. The molecule has 0 saturated heterocycles. The molecule has 2 rings (SSSR count). The van der Waals surface area contributed by atoms with Gasteiger partial charge in [-0.2, -0.15) is 0 Å². The molecular formula is C16H22F2O. The largest absolute Gasteiger partial charge is 0.490 e. The predicted molar refractivity (Wildman–Crippen MR) is 72.2 cm³/mol. The van der Waals surface area contributed by atoms with Crippen LogP contribution in [-0.4, -0.2) is 6.61 Å². The van der Waals surface area contributed by atoms with E-state index in [4.69, 9.17) is 4.74 Å². The monoisotopic (exact) mass is 268 g/mol. The minimum atomic E-state index is -0.611. The van der Waals surface area contributed by atoms with Crippen LogP contribution in [0.3, 0.4) is 0 Å². The molecule has 1 aliphatic rings. The first-order valence-electron chi connectivity index (χ1n) is 7.27. The Morgan fingerprint density at radius 3 is 2.42 bits per heavy atom. The van der Waals surface area contributed by atoms with Crippen molar-refractivity contribution in [2.45, 2.75) is 45.4 Å². The highest BCUT2D eigenvalue weighted by Crippen LogP contribution is 2.32. The summed E-state index contributed by atoms with van der Waals surface area (Å²) in [5, 5.41) is 0. The van der Waals surface area contributed by atoms with Crippen LogP contribution < -0.4 is 4.74 Å². The SMILES string of the molecule is CCCC1CCC(COc2ccc(F)cc2F)CC1. The van der Waals surface area contributed by atoms with Crippen molar-refractivity contribution in [1.29, 1.82) is 0 Å². The predicted octanol–water partition coefficient (Wildman–Crippen LogP) is 4.95. The van der Waals surface area contributed by atoms with Gasteiger partial charge in [-0.25, -0.2) is 8.78 Å². The molecule has 0 unspecified atom stereocenters. The Hall–Kier alpha value is -1.12. The maximum atomic E-state index is 13.4. The van der Waals surface area contributed by atoms with Crippen molar-refractivity contribution in [1.82, 2.24) is 0 Å². The van der Waals surface area contributed by atoms with Gasteiger partial charge >= 0.3 is 0 Å². The number of ether oxygens (including phenoxy) is 1. The number of benzene rings is 1. The van der Waals surface area contributed by atoms with E-state index >= 15 is 0 Å². The van der Waals surface area contributed by atoms with Crippen molar-refractivity contribution in [3.05, 3.63) is 29.8 Å². The van der Waals surface area contributed by atoms with Crippen molar-refractivity contribution in [2.75, 3.05) is 6.61 Å². The van der Waals surface area contributed by atoms with Crippen LogP contribution in [0.25, 0.3) is 0 Å². The standard InChI is InChI=1S/C16H22F2O/c1-2-3-12-4-6-13(7-5-12)11-19-16-9-8-14(17)10-15(16)18/h8-10,12-13H,2-7,11H2,1H3. The molecule has 106 valence electrons. The molecule has 1 aliphatic carbocycles. The summed E-state index contributed by atoms with van der Waals surface area (Å²) >= 11 is 0. The molecule has 1 nitrogen and oxygen atoms in total. The van der Waals surface area contributed by atoms with Crippen LogP contribution in [0.2, 0.25) is 0 Å². The van der Waals surface area contributed by atoms with Gasteiger partial charge in [0.25, 0.3) is 0 Å². The molecule has 1 aromatic rings. The van der Waals surface area contributed by atoms with Gasteiger partial charge in [0.1, 0.15) is 5.82 Å². The molecule has 1 fully saturated rings. The lowest BCUT2D eigenvalue weighted by molar-refractivity contribution is 0.174. The minimum absolute atomic E-state index is 0.164. The normalized spacial score (nSPS) is 23.3. The fraction of sp³-hybridized carbons (Fsp3) is 0.625. The first-order chi connectivity index (χ1) is 9.19. The number of halogens is 2. The summed E-state index contributed by atoms with van der Waals surface area (Å²) in [7, 11) is 0. The molecule has 0 spiro atoms. The second-order valence-corrected chi connectivity index (χ2v) is 5.56. The van der Waals surface area contributed by atoms with Gasteiger partial charge in [-0.1, -0.05) is 32.6 Å². The summed E-state index contributed by atoms with van der Waals surface area (Å²) in [6, 6.07) is 3.47. The van der Waals surface area contributed by atoms with E-state index in [1.165, 1.54) is 37.8 Å². The molecule has 19 heavy (non-hydrogen) atoms. The van der Waals surface area contributed by atoms with Crippen molar-refractivity contribution >= 4 is 0 Å². The molecule has 0 heterocycles. The van der Waals surface area contributed by atoms with Gasteiger partial charge in [0.2, 0.25) is 0 Å². The Labute approximate surface area is 114 Å². The van der Waals surface area contributed by atoms with Gasteiger partial charge in [-0.15, -0.1) is 0 Å². The second kappa shape index (κ2) is 6.88. The average molecular weight is 268 g/mol. The zero-order valence-electron chi connectivity index (χ0n) is 11.5. The van der Waals surface area contributed by atoms with E-state index in [1.54, 1.807) is 0 Å². The van der Waals surface area contributed by atoms with Crippen molar-refractivity contribution in [3.63, 3.8) is 0 Å². The van der Waals surface area contributed by atoms with E-state index in [0.29, 0.717) is 12.5 Å². The molecule has 0 amide bonds. The third-order valence-corrected chi connectivity index (χ3v) is 4.03. The van der Waals surface area contributed by atoms with Crippen LogP contribution in [0.1, 0.15) is 45.4 Å². The lowest BCUT2D eigenvalue weighted by Crippen LogP contribution is -2.20. The lowest BCUT2D eigenvalue weighted by Gasteiger charge is -2.28. The third-order valence-electron chi connectivity index (χ3n) is 4.03. The number of rotatable bonds is 5. The highest BCUT2D eigenvalue weighted by molar-refractivity contribution is 5.24. The first-order valence-corrected chi connectivity index (χ1v) is 7.27. The summed E-state index contributed by atoms with van der Waals surface area (Å²) in [5.74, 6) is 0.364. The number of hydrogen-bond donors (Lipinski definition) is 0. The maximum Gasteiger partial charge on any atom is 0.167 e. The Morgan fingerprint density at radius 1 is 1.11 bits per heavy atom. The summed E-state index contributed by atoms with van der Waals surface area (Å²) in [5.41, 5.74) is 0. The van der Waals surface area contributed by atoms with E-state index in [2.05, 4.69) is 6.92 Å². The van der Waals surface area contributed by atoms with Crippen LogP contribution in [-0.2, 0) is 0 Å². The molecule has 0 aromatic heterocycles. The third kappa shape index (κ3) is 4.19. The van der Waals surface area contributed by atoms with Crippen molar-refractivity contribution < 1.29 is 13.5 Å². The summed E-state index contributed by atoms with van der Waals surface area (Å²) in [4.78, 5) is 0. The zero-order chi connectivity index (χ0) is 13.7.